The summed E-state index contributed by atoms with van der Waals surface area (Å²) in [5, 5.41) is 18.1. The number of carbonyl (C=O) groups is 3. The minimum Gasteiger partial charge on any atom is -0.396 e. The molecule has 0 unspecified atom stereocenters. The number of aromatic nitrogens is 5. The first-order valence-electron chi connectivity index (χ1n) is 13.3. The van der Waals surface area contributed by atoms with E-state index >= 15 is 0 Å². The van der Waals surface area contributed by atoms with Crippen LogP contribution < -0.4 is 5.32 Å². The molecule has 2 aliphatic rings. The number of likely N-dealkylation sites (tertiary alicyclic amines) is 1. The molecule has 210 valence electrons. The van der Waals surface area contributed by atoms with Gasteiger partial charge >= 0.3 is 0 Å². The van der Waals surface area contributed by atoms with Crippen LogP contribution in [0.2, 0.25) is 0 Å². The number of nitrogens with one attached hydrogen (secondary N) is 1. The molecule has 4 aromatic rings. The summed E-state index contributed by atoms with van der Waals surface area (Å²) >= 11 is 3.33. The number of benzene rings is 1. The molecule has 0 bridgehead atoms. The van der Waals surface area contributed by atoms with Crippen LogP contribution in [-0.2, 0) is 16.1 Å². The zero-order valence-corrected chi connectivity index (χ0v) is 24.3. The van der Waals surface area contributed by atoms with E-state index in [0.717, 1.165) is 22.3 Å². The highest BCUT2D eigenvalue weighted by Crippen LogP contribution is 2.59. The number of carbonyl (C=O) groups excluding carboxylic acids is 3. The molecular formula is C29H28BrN7O4. The Morgan fingerprint density at radius 1 is 1.12 bits per heavy atom. The second kappa shape index (κ2) is 10.1. The average molecular weight is 618 g/mol. The molecule has 41 heavy (non-hydrogen) atoms. The highest BCUT2D eigenvalue weighted by atomic mass is 79.9. The molecule has 12 heteroatoms. The van der Waals surface area contributed by atoms with Crippen LogP contribution in [0.5, 0.6) is 0 Å². The molecule has 1 saturated heterocycles. The number of piperidine rings is 1. The van der Waals surface area contributed by atoms with E-state index < -0.39 is 11.5 Å². The highest BCUT2D eigenvalue weighted by molar-refractivity contribution is 9.10. The van der Waals surface area contributed by atoms with Gasteiger partial charge in [0.15, 0.2) is 6.29 Å². The van der Waals surface area contributed by atoms with E-state index in [1.54, 1.807) is 23.4 Å². The third-order valence-electron chi connectivity index (χ3n) is 8.20. The highest BCUT2D eigenvalue weighted by Gasteiger charge is 2.66. The minimum absolute atomic E-state index is 0.107. The lowest BCUT2D eigenvalue weighted by Crippen LogP contribution is -2.47. The smallest absolute Gasteiger partial charge is 0.248 e. The molecule has 6 rings (SSSR count). The van der Waals surface area contributed by atoms with Crippen LogP contribution in [0.25, 0.3) is 22.0 Å². The van der Waals surface area contributed by atoms with E-state index in [1.165, 1.54) is 4.68 Å². The van der Waals surface area contributed by atoms with Gasteiger partial charge in [-0.2, -0.15) is 5.10 Å². The van der Waals surface area contributed by atoms with Gasteiger partial charge < -0.3 is 15.3 Å². The predicted octanol–water partition coefficient (Wildman–Crippen LogP) is 3.38. The molecule has 3 aromatic heterocycles. The predicted molar refractivity (Wildman–Crippen MR) is 154 cm³/mol. The molecule has 2 N–H and O–H groups in total. The monoisotopic (exact) mass is 617 g/mol. The lowest BCUT2D eigenvalue weighted by atomic mass is 10.00. The van der Waals surface area contributed by atoms with Crippen LogP contribution in [0.4, 0.5) is 5.82 Å². The third kappa shape index (κ3) is 4.70. The van der Waals surface area contributed by atoms with Crippen molar-refractivity contribution >= 4 is 50.8 Å². The summed E-state index contributed by atoms with van der Waals surface area (Å²) in [5.74, 6) is 0.407. The van der Waals surface area contributed by atoms with Crippen LogP contribution in [0.1, 0.15) is 40.3 Å². The fraction of sp³-hybridized carbons (Fsp3) is 0.345. The summed E-state index contributed by atoms with van der Waals surface area (Å²) in [4.78, 5) is 53.8. The number of amides is 2. The normalized spacial score (nSPS) is 21.1. The first kappa shape index (κ1) is 27.2. The van der Waals surface area contributed by atoms with Crippen molar-refractivity contribution < 1.29 is 19.5 Å². The van der Waals surface area contributed by atoms with Crippen molar-refractivity contribution in [3.63, 3.8) is 0 Å². The fourth-order valence-corrected chi connectivity index (χ4v) is 6.25. The lowest BCUT2D eigenvalue weighted by molar-refractivity contribution is -0.138. The SMILES string of the molecule is Cc1ncc(-c2cc(C)c3c(c2)c(C=O)nn3CC(=O)N2[C@H](C(=O)Nc3nc(Br)ccc3C)C[C@@]3(CO)C[C@@H]23)cn1. The molecule has 1 aromatic carbocycles. The molecule has 1 aliphatic carbocycles. The van der Waals surface area contributed by atoms with Crippen molar-refractivity contribution in [1.29, 1.82) is 0 Å². The molecule has 3 atom stereocenters. The fourth-order valence-electron chi connectivity index (χ4n) is 5.94. The van der Waals surface area contributed by atoms with Gasteiger partial charge in [0.1, 0.15) is 34.5 Å². The summed E-state index contributed by atoms with van der Waals surface area (Å²) in [7, 11) is 0. The second-order valence-electron chi connectivity index (χ2n) is 10.9. The van der Waals surface area contributed by atoms with E-state index in [9.17, 15) is 19.5 Å². The number of nitrogens with zero attached hydrogens (tertiary/aromatic N) is 6. The van der Waals surface area contributed by atoms with Crippen molar-refractivity contribution in [3.8, 4) is 11.1 Å². The molecule has 0 radical (unpaired) electrons. The van der Waals surface area contributed by atoms with Crippen LogP contribution in [0.15, 0.2) is 41.3 Å². The van der Waals surface area contributed by atoms with Crippen LogP contribution in [0.3, 0.4) is 0 Å². The topological polar surface area (TPSA) is 143 Å². The summed E-state index contributed by atoms with van der Waals surface area (Å²) in [6.07, 6.45) is 5.12. The number of aldehydes is 1. The molecule has 11 nitrogen and oxygen atoms in total. The lowest BCUT2D eigenvalue weighted by Gasteiger charge is -2.27. The quantitative estimate of drug-likeness (QED) is 0.237. The zero-order chi connectivity index (χ0) is 29.1. The van der Waals surface area contributed by atoms with Crippen LogP contribution in [-0.4, -0.2) is 71.5 Å². The number of rotatable bonds is 7. The molecule has 2 amide bonds. The van der Waals surface area contributed by atoms with Crippen molar-refractivity contribution in [1.82, 2.24) is 29.6 Å². The summed E-state index contributed by atoms with van der Waals surface area (Å²) < 4.78 is 2.11. The van der Waals surface area contributed by atoms with E-state index in [4.69, 9.17) is 0 Å². The van der Waals surface area contributed by atoms with Gasteiger partial charge in [-0.25, -0.2) is 15.0 Å². The Balaban J connectivity index is 1.31. The zero-order valence-electron chi connectivity index (χ0n) is 22.8. The maximum Gasteiger partial charge on any atom is 0.248 e. The number of aryl methyl sites for hydroxylation is 3. The molecule has 4 heterocycles. The van der Waals surface area contributed by atoms with Crippen molar-refractivity contribution in [2.75, 3.05) is 11.9 Å². The number of halogens is 1. The maximum absolute atomic E-state index is 13.8. The maximum atomic E-state index is 13.8. The van der Waals surface area contributed by atoms with E-state index in [2.05, 4.69) is 41.3 Å². The van der Waals surface area contributed by atoms with Crippen molar-refractivity contribution in [2.24, 2.45) is 5.41 Å². The Kier molecular flexibility index (Phi) is 6.69. The van der Waals surface area contributed by atoms with Gasteiger partial charge in [0.2, 0.25) is 11.8 Å². The van der Waals surface area contributed by atoms with Crippen LogP contribution in [0, 0.1) is 26.2 Å². The summed E-state index contributed by atoms with van der Waals surface area (Å²) in [6.45, 7) is 5.28. The van der Waals surface area contributed by atoms with Gasteiger partial charge in [-0.15, -0.1) is 0 Å². The molecule has 2 fully saturated rings. The van der Waals surface area contributed by atoms with Gasteiger partial charge in [0.05, 0.1) is 12.1 Å². The summed E-state index contributed by atoms with van der Waals surface area (Å²) in [5.41, 5.74) is 3.65. The van der Waals surface area contributed by atoms with Gasteiger partial charge in [-0.3, -0.25) is 19.1 Å². The van der Waals surface area contributed by atoms with Gasteiger partial charge in [0.25, 0.3) is 0 Å². The Hall–Kier alpha value is -4.03. The first-order chi connectivity index (χ1) is 19.6. The Bertz CT molecular complexity index is 1720. The number of anilines is 1. The Morgan fingerprint density at radius 3 is 2.59 bits per heavy atom. The second-order valence-corrected chi connectivity index (χ2v) is 11.7. The van der Waals surface area contributed by atoms with Crippen molar-refractivity contribution in [2.45, 2.75) is 52.2 Å². The Labute approximate surface area is 244 Å². The van der Waals surface area contributed by atoms with Crippen molar-refractivity contribution in [3.05, 3.63) is 63.9 Å². The first-order valence-corrected chi connectivity index (χ1v) is 14.0. The average Bonchev–Trinajstić information content (AvgIpc) is 3.39. The molecule has 1 aliphatic heterocycles. The minimum atomic E-state index is -0.768. The molecule has 0 spiro atoms. The van der Waals surface area contributed by atoms with Gasteiger partial charge in [-0.05, 0) is 84.4 Å². The third-order valence-corrected chi connectivity index (χ3v) is 8.64. The van der Waals surface area contributed by atoms with Crippen LogP contribution >= 0.6 is 15.9 Å². The number of hydrogen-bond donors (Lipinski definition) is 2. The van der Waals surface area contributed by atoms with Gasteiger partial charge in [0, 0.05) is 34.8 Å². The standard InChI is InChI=1S/C29H28BrN7O4/c1-15-4-5-24(30)33-27(15)34-28(41)22-8-29(14-39)9-23(29)37(22)25(40)12-36-26-16(2)6-18(7-20(26)21(13-38)35-36)19-10-31-17(3)32-11-19/h4-7,10-11,13,22-23,39H,8-9,12,14H2,1-3H3,(H,33,34,41)/t22-,23+,29-/m0/s1. The Morgan fingerprint density at radius 2 is 1.88 bits per heavy atom. The van der Waals surface area contributed by atoms with E-state index in [1.807, 2.05) is 39.0 Å². The summed E-state index contributed by atoms with van der Waals surface area (Å²) in [6, 6.07) is 6.41. The molecule has 1 saturated carbocycles. The number of aliphatic hydroxyl groups excluding tert-OH is 1. The number of aliphatic hydroxyl groups is 1. The number of pyridine rings is 1. The number of fused-ring (bicyclic) bond motifs is 2. The van der Waals surface area contributed by atoms with Gasteiger partial charge in [-0.1, -0.05) is 6.07 Å². The largest absolute Gasteiger partial charge is 0.396 e. The van der Waals surface area contributed by atoms with E-state index in [-0.39, 0.29) is 36.7 Å². The number of hydrogen-bond acceptors (Lipinski definition) is 8. The van der Waals surface area contributed by atoms with E-state index in [0.29, 0.717) is 46.3 Å². The molecular weight excluding hydrogens is 590 g/mol.